The van der Waals surface area contributed by atoms with E-state index in [-0.39, 0.29) is 6.04 Å². The Kier molecular flexibility index (Phi) is 4.88. The van der Waals surface area contributed by atoms with Crippen LogP contribution in [0.5, 0.6) is 0 Å². The Morgan fingerprint density at radius 1 is 1.26 bits per heavy atom. The average molecular weight is 276 g/mol. The molecule has 1 unspecified atom stereocenters. The maximum Gasteiger partial charge on any atom is 0.0801 e. The number of aryl methyl sites for hydroxylation is 1. The van der Waals surface area contributed by atoms with Crippen LogP contribution in [0, 0.1) is 6.92 Å². The molecule has 0 saturated carbocycles. The Balaban J connectivity index is 2.32. The summed E-state index contributed by atoms with van der Waals surface area (Å²) in [4.78, 5) is 8.79. The molecular weight excluding hydrogens is 258 g/mol. The van der Waals surface area contributed by atoms with Crippen LogP contribution in [-0.2, 0) is 0 Å². The first kappa shape index (κ1) is 14.0. The second-order valence-corrected chi connectivity index (χ2v) is 4.96. The maximum atomic E-state index is 6.07. The van der Waals surface area contributed by atoms with Gasteiger partial charge in [-0.1, -0.05) is 30.7 Å². The minimum Gasteiger partial charge on any atom is -0.305 e. The van der Waals surface area contributed by atoms with Crippen molar-refractivity contribution in [3.05, 3.63) is 58.6 Å². The molecule has 1 aromatic carbocycles. The predicted octanol–water partition coefficient (Wildman–Crippen LogP) is 3.53. The van der Waals surface area contributed by atoms with Crippen molar-refractivity contribution in [3.63, 3.8) is 0 Å². The average Bonchev–Trinajstić information content (AvgIpc) is 2.41. The summed E-state index contributed by atoms with van der Waals surface area (Å²) in [6, 6.07) is 7.89. The van der Waals surface area contributed by atoms with Gasteiger partial charge in [0.1, 0.15) is 0 Å². The molecule has 19 heavy (non-hydrogen) atoms. The van der Waals surface area contributed by atoms with Gasteiger partial charge in [-0.15, -0.1) is 0 Å². The van der Waals surface area contributed by atoms with Gasteiger partial charge in [-0.2, -0.15) is 0 Å². The molecule has 1 heterocycles. The zero-order valence-corrected chi connectivity index (χ0v) is 12.0. The molecule has 4 heteroatoms. The van der Waals surface area contributed by atoms with Crippen molar-refractivity contribution in [1.29, 1.82) is 0 Å². The van der Waals surface area contributed by atoms with Gasteiger partial charge in [0.2, 0.25) is 0 Å². The van der Waals surface area contributed by atoms with Gasteiger partial charge in [-0.25, -0.2) is 0 Å². The van der Waals surface area contributed by atoms with Gasteiger partial charge in [0.05, 0.1) is 23.6 Å². The summed E-state index contributed by atoms with van der Waals surface area (Å²) in [6.45, 7) is 5.00. The Labute approximate surface area is 119 Å². The minimum atomic E-state index is 0.0340. The lowest BCUT2D eigenvalue weighted by Gasteiger charge is -2.18. The number of aromatic nitrogens is 2. The van der Waals surface area contributed by atoms with Crippen LogP contribution >= 0.6 is 11.6 Å². The fourth-order valence-electron chi connectivity index (χ4n) is 1.92. The summed E-state index contributed by atoms with van der Waals surface area (Å²) >= 11 is 6.07. The third-order valence-corrected chi connectivity index (χ3v) is 3.11. The molecule has 0 fully saturated rings. The third kappa shape index (κ3) is 3.75. The second-order valence-electron chi connectivity index (χ2n) is 4.52. The first-order chi connectivity index (χ1) is 9.20. The second kappa shape index (κ2) is 6.64. The van der Waals surface area contributed by atoms with Crippen molar-refractivity contribution in [2.45, 2.75) is 26.3 Å². The van der Waals surface area contributed by atoms with Gasteiger partial charge in [0, 0.05) is 11.2 Å². The van der Waals surface area contributed by atoms with Crippen LogP contribution < -0.4 is 5.32 Å². The van der Waals surface area contributed by atoms with Gasteiger partial charge in [0.25, 0.3) is 0 Å². The Hall–Kier alpha value is -1.45. The van der Waals surface area contributed by atoms with Gasteiger partial charge < -0.3 is 5.32 Å². The van der Waals surface area contributed by atoms with Crippen LogP contribution in [0.25, 0.3) is 0 Å². The molecule has 1 atom stereocenters. The zero-order valence-electron chi connectivity index (χ0n) is 11.2. The van der Waals surface area contributed by atoms with Crippen LogP contribution in [0.1, 0.15) is 36.3 Å². The maximum absolute atomic E-state index is 6.07. The predicted molar refractivity (Wildman–Crippen MR) is 78.4 cm³/mol. The topological polar surface area (TPSA) is 37.8 Å². The Bertz CT molecular complexity index is 525. The van der Waals surface area contributed by atoms with E-state index in [4.69, 9.17) is 11.6 Å². The highest BCUT2D eigenvalue weighted by molar-refractivity contribution is 6.30. The van der Waals surface area contributed by atoms with Crippen LogP contribution in [0.15, 0.2) is 36.7 Å². The monoisotopic (exact) mass is 275 g/mol. The molecule has 2 rings (SSSR count). The number of hydrogen-bond acceptors (Lipinski definition) is 3. The van der Waals surface area contributed by atoms with E-state index in [9.17, 15) is 0 Å². The van der Waals surface area contributed by atoms with E-state index in [0.717, 1.165) is 34.9 Å². The molecule has 1 N–H and O–H groups in total. The number of rotatable bonds is 5. The zero-order chi connectivity index (χ0) is 13.7. The third-order valence-electron chi connectivity index (χ3n) is 2.88. The largest absolute Gasteiger partial charge is 0.305 e. The van der Waals surface area contributed by atoms with Gasteiger partial charge in [-0.05, 0) is 37.6 Å². The van der Waals surface area contributed by atoms with Crippen LogP contribution in [0.4, 0.5) is 0 Å². The van der Waals surface area contributed by atoms with E-state index >= 15 is 0 Å². The molecule has 3 nitrogen and oxygen atoms in total. The highest BCUT2D eigenvalue weighted by Crippen LogP contribution is 2.22. The van der Waals surface area contributed by atoms with Crippen molar-refractivity contribution < 1.29 is 0 Å². The van der Waals surface area contributed by atoms with E-state index in [2.05, 4.69) is 28.3 Å². The number of benzene rings is 1. The van der Waals surface area contributed by atoms with Gasteiger partial charge in [0.15, 0.2) is 0 Å². The smallest absolute Gasteiger partial charge is 0.0801 e. The highest BCUT2D eigenvalue weighted by atomic mass is 35.5. The number of nitrogens with zero attached hydrogens (tertiary/aromatic N) is 2. The molecule has 2 aromatic rings. The normalized spacial score (nSPS) is 12.4. The quantitative estimate of drug-likeness (QED) is 0.907. The summed E-state index contributed by atoms with van der Waals surface area (Å²) in [6.07, 6.45) is 4.68. The number of hydrogen-bond donors (Lipinski definition) is 1. The van der Waals surface area contributed by atoms with Crippen molar-refractivity contribution in [1.82, 2.24) is 15.3 Å². The minimum absolute atomic E-state index is 0.0340. The molecule has 1 aromatic heterocycles. The van der Waals surface area contributed by atoms with Gasteiger partial charge >= 0.3 is 0 Å². The first-order valence-electron chi connectivity index (χ1n) is 6.48. The van der Waals surface area contributed by atoms with Crippen molar-refractivity contribution >= 4 is 11.6 Å². The first-order valence-corrected chi connectivity index (χ1v) is 6.86. The molecule has 0 aliphatic rings. The molecule has 0 aliphatic heterocycles. The Morgan fingerprint density at radius 3 is 2.74 bits per heavy atom. The fraction of sp³-hybridized carbons (Fsp3) is 0.333. The molecular formula is C15H18ClN3. The van der Waals surface area contributed by atoms with E-state index < -0.39 is 0 Å². The molecule has 0 amide bonds. The Morgan fingerprint density at radius 2 is 2.11 bits per heavy atom. The van der Waals surface area contributed by atoms with Crippen molar-refractivity contribution in [2.24, 2.45) is 0 Å². The summed E-state index contributed by atoms with van der Waals surface area (Å²) in [5.41, 5.74) is 2.95. The van der Waals surface area contributed by atoms with E-state index in [0.29, 0.717) is 0 Å². The van der Waals surface area contributed by atoms with E-state index in [1.165, 1.54) is 0 Å². The SMILES string of the molecule is CCCNC(c1cccc(Cl)c1)c1cnc(C)cn1. The summed E-state index contributed by atoms with van der Waals surface area (Å²) in [7, 11) is 0. The number of nitrogens with one attached hydrogen (secondary N) is 1. The molecule has 0 aliphatic carbocycles. The lowest BCUT2D eigenvalue weighted by atomic mass is 10.0. The summed E-state index contributed by atoms with van der Waals surface area (Å²) in [5, 5.41) is 4.22. The van der Waals surface area contributed by atoms with Crippen LogP contribution in [-0.4, -0.2) is 16.5 Å². The van der Waals surface area contributed by atoms with Crippen LogP contribution in [0.3, 0.4) is 0 Å². The van der Waals surface area contributed by atoms with E-state index in [1.54, 1.807) is 6.20 Å². The van der Waals surface area contributed by atoms with Crippen LogP contribution in [0.2, 0.25) is 5.02 Å². The standard InChI is InChI=1S/C15H18ClN3/c1-3-7-17-15(12-5-4-6-13(16)8-12)14-10-18-11(2)9-19-14/h4-6,8-10,15,17H,3,7H2,1-2H3. The summed E-state index contributed by atoms with van der Waals surface area (Å²) in [5.74, 6) is 0. The van der Waals surface area contributed by atoms with Crippen molar-refractivity contribution in [3.8, 4) is 0 Å². The molecule has 0 radical (unpaired) electrons. The van der Waals surface area contributed by atoms with Crippen molar-refractivity contribution in [2.75, 3.05) is 6.54 Å². The number of halogens is 1. The molecule has 100 valence electrons. The van der Waals surface area contributed by atoms with E-state index in [1.807, 2.05) is 31.3 Å². The molecule has 0 saturated heterocycles. The highest BCUT2D eigenvalue weighted by Gasteiger charge is 2.15. The lowest BCUT2D eigenvalue weighted by molar-refractivity contribution is 0.584. The lowest BCUT2D eigenvalue weighted by Crippen LogP contribution is -2.24. The molecule has 0 spiro atoms. The fourth-order valence-corrected chi connectivity index (χ4v) is 2.12. The summed E-state index contributed by atoms with van der Waals surface area (Å²) < 4.78 is 0. The molecule has 0 bridgehead atoms. The van der Waals surface area contributed by atoms with Gasteiger partial charge in [-0.3, -0.25) is 9.97 Å².